The van der Waals surface area contributed by atoms with E-state index in [2.05, 4.69) is 4.98 Å². The van der Waals surface area contributed by atoms with E-state index in [0.29, 0.717) is 16.9 Å². The van der Waals surface area contributed by atoms with Crippen LogP contribution in [0.2, 0.25) is 0 Å². The molecule has 2 heterocycles. The first-order valence-corrected chi connectivity index (χ1v) is 10.9. The number of methoxy groups -OCH3 is 1. The summed E-state index contributed by atoms with van der Waals surface area (Å²) in [5.74, 6) is -1.66. The van der Waals surface area contributed by atoms with Crippen molar-refractivity contribution in [1.82, 2.24) is 9.55 Å². The van der Waals surface area contributed by atoms with E-state index in [0.717, 1.165) is 11.3 Å². The fourth-order valence-corrected chi connectivity index (χ4v) is 4.17. The second-order valence-electron chi connectivity index (χ2n) is 6.89. The molecule has 0 aliphatic rings. The first-order chi connectivity index (χ1) is 16.0. The number of ether oxygens (including phenoxy) is 2. The van der Waals surface area contributed by atoms with Crippen LogP contribution in [0.25, 0.3) is 16.4 Å². The van der Waals surface area contributed by atoms with E-state index in [9.17, 15) is 19.8 Å². The predicted molar refractivity (Wildman–Crippen MR) is 123 cm³/mol. The molecule has 8 nitrogen and oxygen atoms in total. The molecule has 0 atom stereocenters. The Hall–Kier alpha value is -4.11. The molecule has 33 heavy (non-hydrogen) atoms. The molecule has 168 valence electrons. The van der Waals surface area contributed by atoms with Gasteiger partial charge in [-0.3, -0.25) is 9.36 Å². The van der Waals surface area contributed by atoms with Crippen LogP contribution in [0.3, 0.4) is 0 Å². The third-order valence-corrected chi connectivity index (χ3v) is 5.74. The normalized spacial score (nSPS) is 10.7. The van der Waals surface area contributed by atoms with E-state index in [1.54, 1.807) is 55.5 Å². The van der Waals surface area contributed by atoms with Crippen molar-refractivity contribution in [2.75, 3.05) is 13.7 Å². The van der Waals surface area contributed by atoms with Gasteiger partial charge in [0.1, 0.15) is 5.75 Å². The summed E-state index contributed by atoms with van der Waals surface area (Å²) in [6.45, 7) is 1.88. The molecule has 0 amide bonds. The maximum Gasteiger partial charge on any atom is 0.357 e. The summed E-state index contributed by atoms with van der Waals surface area (Å²) in [5.41, 5.74) is 1.09. The van der Waals surface area contributed by atoms with Crippen LogP contribution in [0.5, 0.6) is 17.4 Å². The number of benzene rings is 2. The van der Waals surface area contributed by atoms with Gasteiger partial charge in [0.15, 0.2) is 22.4 Å². The Balaban J connectivity index is 1.91. The third-order valence-electron chi connectivity index (χ3n) is 4.92. The molecule has 0 saturated heterocycles. The van der Waals surface area contributed by atoms with Gasteiger partial charge in [-0.1, -0.05) is 30.3 Å². The highest BCUT2D eigenvalue weighted by Gasteiger charge is 2.31. The predicted octanol–water partition coefficient (Wildman–Crippen LogP) is 4.43. The van der Waals surface area contributed by atoms with Crippen molar-refractivity contribution in [3.63, 3.8) is 0 Å². The topological polar surface area (TPSA) is 111 Å². The summed E-state index contributed by atoms with van der Waals surface area (Å²) in [4.78, 5) is 29.8. The number of hydrogen-bond acceptors (Lipinski definition) is 8. The molecule has 2 aromatic carbocycles. The zero-order chi connectivity index (χ0) is 23.5. The Morgan fingerprint density at radius 2 is 1.76 bits per heavy atom. The highest BCUT2D eigenvalue weighted by atomic mass is 32.1. The molecule has 2 aromatic heterocycles. The second kappa shape index (κ2) is 9.17. The number of aromatic nitrogens is 2. The van der Waals surface area contributed by atoms with Crippen LogP contribution >= 0.6 is 11.3 Å². The van der Waals surface area contributed by atoms with Crippen molar-refractivity contribution in [2.24, 2.45) is 0 Å². The Labute approximate surface area is 193 Å². The lowest BCUT2D eigenvalue weighted by molar-refractivity contribution is 0.0520. The van der Waals surface area contributed by atoms with Crippen LogP contribution in [0.1, 0.15) is 33.3 Å². The van der Waals surface area contributed by atoms with Gasteiger partial charge < -0.3 is 19.7 Å². The standard InChI is InChI=1S/C24H20N2O6S/c1-3-32-23(30)17-13-33-24(25-17)26-19(14-7-5-4-6-8-14)18(21(28)22(26)29)20(27)15-9-11-16(31-2)12-10-15/h4-13,28-29H,3H2,1-2H3. The smallest absolute Gasteiger partial charge is 0.357 e. The van der Waals surface area contributed by atoms with Crippen molar-refractivity contribution in [2.45, 2.75) is 6.92 Å². The average Bonchev–Trinajstić information content (AvgIpc) is 3.43. The molecule has 0 fully saturated rings. The van der Waals surface area contributed by atoms with E-state index in [1.165, 1.54) is 17.1 Å². The number of nitrogens with zero attached hydrogens (tertiary/aromatic N) is 2. The van der Waals surface area contributed by atoms with E-state index in [1.807, 2.05) is 6.07 Å². The molecule has 0 saturated carbocycles. The second-order valence-corrected chi connectivity index (χ2v) is 7.73. The Morgan fingerprint density at radius 1 is 1.06 bits per heavy atom. The molecule has 0 aliphatic carbocycles. The fraction of sp³-hybridized carbons (Fsp3) is 0.125. The minimum atomic E-state index is -0.605. The molecule has 4 rings (SSSR count). The maximum atomic E-state index is 13.4. The van der Waals surface area contributed by atoms with Gasteiger partial charge in [0.05, 0.1) is 25.0 Å². The quantitative estimate of drug-likeness (QED) is 0.307. The minimum absolute atomic E-state index is 0.0616. The van der Waals surface area contributed by atoms with Gasteiger partial charge in [-0.25, -0.2) is 9.78 Å². The number of carbonyl (C=O) groups is 2. The van der Waals surface area contributed by atoms with Crippen molar-refractivity contribution in [1.29, 1.82) is 0 Å². The number of carbonyl (C=O) groups excluding carboxylic acids is 2. The first kappa shape index (κ1) is 22.1. The van der Waals surface area contributed by atoms with E-state index in [-0.39, 0.29) is 28.7 Å². The van der Waals surface area contributed by atoms with Crippen LogP contribution in [-0.2, 0) is 4.74 Å². The third kappa shape index (κ3) is 4.06. The van der Waals surface area contributed by atoms with Gasteiger partial charge in [0, 0.05) is 10.9 Å². The first-order valence-electron chi connectivity index (χ1n) is 10.00. The lowest BCUT2D eigenvalue weighted by Crippen LogP contribution is -2.07. The zero-order valence-corrected chi connectivity index (χ0v) is 18.6. The van der Waals surface area contributed by atoms with Gasteiger partial charge in [0.25, 0.3) is 0 Å². The average molecular weight is 464 g/mol. The van der Waals surface area contributed by atoms with Crippen LogP contribution < -0.4 is 4.74 Å². The van der Waals surface area contributed by atoms with Crippen LogP contribution in [0.15, 0.2) is 60.0 Å². The largest absolute Gasteiger partial charge is 0.503 e. The molecule has 0 aliphatic heterocycles. The van der Waals surface area contributed by atoms with Crippen LogP contribution in [-0.4, -0.2) is 45.2 Å². The van der Waals surface area contributed by atoms with Gasteiger partial charge in [0.2, 0.25) is 5.88 Å². The molecular weight excluding hydrogens is 444 g/mol. The summed E-state index contributed by atoms with van der Waals surface area (Å²) in [6.07, 6.45) is 0. The summed E-state index contributed by atoms with van der Waals surface area (Å²) in [6, 6.07) is 15.3. The molecule has 0 radical (unpaired) electrons. The van der Waals surface area contributed by atoms with E-state index < -0.39 is 23.4 Å². The van der Waals surface area contributed by atoms with Crippen molar-refractivity contribution in [3.05, 3.63) is 76.8 Å². The molecule has 2 N–H and O–H groups in total. The molecule has 4 aromatic rings. The highest BCUT2D eigenvalue weighted by Crippen LogP contribution is 2.44. The van der Waals surface area contributed by atoms with E-state index in [4.69, 9.17) is 9.47 Å². The maximum absolute atomic E-state index is 13.4. The van der Waals surface area contributed by atoms with E-state index >= 15 is 0 Å². The molecule has 0 unspecified atom stereocenters. The number of ketones is 1. The number of aromatic hydroxyl groups is 2. The number of hydrogen-bond donors (Lipinski definition) is 2. The summed E-state index contributed by atoms with van der Waals surface area (Å²) in [5, 5.41) is 23.3. The summed E-state index contributed by atoms with van der Waals surface area (Å²) < 4.78 is 11.4. The van der Waals surface area contributed by atoms with Crippen molar-refractivity contribution >= 4 is 23.1 Å². The molecule has 0 bridgehead atoms. The van der Waals surface area contributed by atoms with Gasteiger partial charge in [-0.15, -0.1) is 11.3 Å². The van der Waals surface area contributed by atoms with Gasteiger partial charge >= 0.3 is 5.97 Å². The Kier molecular flexibility index (Phi) is 6.14. The van der Waals surface area contributed by atoms with Crippen molar-refractivity contribution < 1.29 is 29.3 Å². The number of esters is 1. The Bertz CT molecular complexity index is 1310. The highest BCUT2D eigenvalue weighted by molar-refractivity contribution is 7.12. The number of rotatable bonds is 7. The van der Waals surface area contributed by atoms with Crippen molar-refractivity contribution in [3.8, 4) is 33.8 Å². The lowest BCUT2D eigenvalue weighted by atomic mass is 9.99. The molecule has 0 spiro atoms. The van der Waals surface area contributed by atoms with Gasteiger partial charge in [-0.2, -0.15) is 0 Å². The molecular formula is C24H20N2O6S. The van der Waals surface area contributed by atoms with Crippen LogP contribution in [0.4, 0.5) is 0 Å². The molecule has 9 heteroatoms. The lowest BCUT2D eigenvalue weighted by Gasteiger charge is -2.09. The fourth-order valence-electron chi connectivity index (χ4n) is 3.37. The zero-order valence-electron chi connectivity index (χ0n) is 17.8. The van der Waals surface area contributed by atoms with Gasteiger partial charge in [-0.05, 0) is 36.8 Å². The SMILES string of the molecule is CCOC(=O)c1csc(-n2c(O)c(O)c(C(=O)c3ccc(OC)cc3)c2-c2ccccc2)n1. The summed E-state index contributed by atoms with van der Waals surface area (Å²) in [7, 11) is 1.52. The Morgan fingerprint density at radius 3 is 2.39 bits per heavy atom. The van der Waals surface area contributed by atoms with Crippen LogP contribution in [0, 0.1) is 0 Å². The summed E-state index contributed by atoms with van der Waals surface area (Å²) >= 11 is 1.07. The minimum Gasteiger partial charge on any atom is -0.503 e. The monoisotopic (exact) mass is 464 g/mol. The number of thiazole rings is 1.